The molecule has 19 heavy (non-hydrogen) atoms. The lowest BCUT2D eigenvalue weighted by atomic mass is 9.97. The Balaban J connectivity index is 2.53. The van der Waals surface area contributed by atoms with Crippen LogP contribution in [0.4, 0.5) is 0 Å². The van der Waals surface area contributed by atoms with Gasteiger partial charge >= 0.3 is 5.97 Å². The van der Waals surface area contributed by atoms with Crippen molar-refractivity contribution in [2.24, 2.45) is 0 Å². The van der Waals surface area contributed by atoms with Gasteiger partial charge in [0.2, 0.25) is 5.91 Å². The van der Waals surface area contributed by atoms with Gasteiger partial charge in [-0.05, 0) is 32.7 Å². The number of hydrogen-bond acceptors (Lipinski definition) is 3. The second-order valence-electron chi connectivity index (χ2n) is 5.31. The van der Waals surface area contributed by atoms with E-state index in [2.05, 4.69) is 17.1 Å². The van der Waals surface area contributed by atoms with Crippen molar-refractivity contribution < 1.29 is 14.7 Å². The standard InChI is InChI=1S/C14H26N2O3/c1-3-4-8-15-14(19)11(2)16-9-6-5-7-12(16)10-13(17)18/h11-12H,3-10H2,1-2H3,(H,15,19)(H,17,18). The van der Waals surface area contributed by atoms with Crippen LogP contribution in [0.25, 0.3) is 0 Å². The van der Waals surface area contributed by atoms with Gasteiger partial charge in [-0.25, -0.2) is 0 Å². The van der Waals surface area contributed by atoms with Crippen LogP contribution in [0.15, 0.2) is 0 Å². The lowest BCUT2D eigenvalue weighted by Crippen LogP contribution is -2.52. The Hall–Kier alpha value is -1.10. The van der Waals surface area contributed by atoms with Gasteiger partial charge in [-0.15, -0.1) is 0 Å². The third kappa shape index (κ3) is 5.19. The van der Waals surface area contributed by atoms with E-state index in [9.17, 15) is 9.59 Å². The van der Waals surface area contributed by atoms with Gasteiger partial charge in [0.05, 0.1) is 12.5 Å². The Bertz CT molecular complexity index is 307. The van der Waals surface area contributed by atoms with Crippen LogP contribution in [0, 0.1) is 0 Å². The Morgan fingerprint density at radius 2 is 2.16 bits per heavy atom. The molecule has 5 heteroatoms. The van der Waals surface area contributed by atoms with E-state index >= 15 is 0 Å². The van der Waals surface area contributed by atoms with Gasteiger partial charge in [0, 0.05) is 12.6 Å². The monoisotopic (exact) mass is 270 g/mol. The zero-order chi connectivity index (χ0) is 14.3. The molecule has 0 aliphatic carbocycles. The van der Waals surface area contributed by atoms with Crippen LogP contribution in [0.5, 0.6) is 0 Å². The number of nitrogens with zero attached hydrogens (tertiary/aromatic N) is 1. The summed E-state index contributed by atoms with van der Waals surface area (Å²) in [5.41, 5.74) is 0. The molecule has 0 spiro atoms. The van der Waals surface area contributed by atoms with Gasteiger partial charge in [-0.2, -0.15) is 0 Å². The summed E-state index contributed by atoms with van der Waals surface area (Å²) in [5, 5.41) is 11.9. The minimum Gasteiger partial charge on any atom is -0.481 e. The van der Waals surface area contributed by atoms with E-state index in [0.29, 0.717) is 6.54 Å². The smallest absolute Gasteiger partial charge is 0.304 e. The lowest BCUT2D eigenvalue weighted by molar-refractivity contribution is -0.140. The predicted molar refractivity (Wildman–Crippen MR) is 74.0 cm³/mol. The summed E-state index contributed by atoms with van der Waals surface area (Å²) in [6, 6.07) is -0.236. The molecule has 1 amide bonds. The molecule has 0 saturated carbocycles. The minimum atomic E-state index is -0.782. The molecule has 1 aliphatic heterocycles. The first kappa shape index (κ1) is 16.0. The van der Waals surface area contributed by atoms with Crippen molar-refractivity contribution in [1.82, 2.24) is 10.2 Å². The van der Waals surface area contributed by atoms with Gasteiger partial charge in [-0.1, -0.05) is 19.8 Å². The molecule has 0 aromatic heterocycles. The number of carbonyl (C=O) groups excluding carboxylic acids is 1. The summed E-state index contributed by atoms with van der Waals surface area (Å²) in [6.45, 7) is 5.49. The number of amides is 1. The molecular formula is C14H26N2O3. The molecule has 1 saturated heterocycles. The molecule has 1 aliphatic rings. The zero-order valence-corrected chi connectivity index (χ0v) is 12.0. The van der Waals surface area contributed by atoms with Gasteiger partial charge in [0.1, 0.15) is 0 Å². The first-order chi connectivity index (χ1) is 9.06. The van der Waals surface area contributed by atoms with E-state index in [1.54, 1.807) is 0 Å². The largest absolute Gasteiger partial charge is 0.481 e. The minimum absolute atomic E-state index is 0.00169. The average Bonchev–Trinajstić information content (AvgIpc) is 2.38. The van der Waals surface area contributed by atoms with Gasteiger partial charge in [-0.3, -0.25) is 14.5 Å². The molecule has 0 bridgehead atoms. The highest BCUT2D eigenvalue weighted by atomic mass is 16.4. The zero-order valence-electron chi connectivity index (χ0n) is 12.0. The topological polar surface area (TPSA) is 69.6 Å². The lowest BCUT2D eigenvalue weighted by Gasteiger charge is -2.38. The van der Waals surface area contributed by atoms with Crippen LogP contribution in [-0.4, -0.2) is 47.1 Å². The van der Waals surface area contributed by atoms with E-state index in [1.165, 1.54) is 0 Å². The Labute approximate surface area is 115 Å². The number of carbonyl (C=O) groups is 2. The fourth-order valence-electron chi connectivity index (χ4n) is 2.64. The van der Waals surface area contributed by atoms with Crippen LogP contribution in [0.1, 0.15) is 52.4 Å². The number of carboxylic acid groups (broad SMARTS) is 1. The second-order valence-corrected chi connectivity index (χ2v) is 5.31. The van der Waals surface area contributed by atoms with Gasteiger partial charge in [0.15, 0.2) is 0 Å². The number of piperidine rings is 1. The van der Waals surface area contributed by atoms with E-state index in [1.807, 2.05) is 6.92 Å². The maximum Gasteiger partial charge on any atom is 0.304 e. The Morgan fingerprint density at radius 3 is 2.79 bits per heavy atom. The normalized spacial score (nSPS) is 21.9. The van der Waals surface area contributed by atoms with Gasteiger partial charge < -0.3 is 10.4 Å². The van der Waals surface area contributed by atoms with Crippen molar-refractivity contribution in [1.29, 1.82) is 0 Å². The highest BCUT2D eigenvalue weighted by molar-refractivity contribution is 5.81. The molecule has 1 fully saturated rings. The van der Waals surface area contributed by atoms with Crippen LogP contribution in [0.2, 0.25) is 0 Å². The Kier molecular flexibility index (Phi) is 6.84. The highest BCUT2D eigenvalue weighted by Crippen LogP contribution is 2.22. The molecule has 2 unspecified atom stereocenters. The first-order valence-electron chi connectivity index (χ1n) is 7.31. The number of hydrogen-bond donors (Lipinski definition) is 2. The maximum absolute atomic E-state index is 12.0. The van der Waals surface area contributed by atoms with Gasteiger partial charge in [0.25, 0.3) is 0 Å². The van der Waals surface area contributed by atoms with E-state index < -0.39 is 5.97 Å². The SMILES string of the molecule is CCCCNC(=O)C(C)N1CCCCC1CC(=O)O. The quantitative estimate of drug-likeness (QED) is 0.690. The maximum atomic E-state index is 12.0. The molecule has 1 rings (SSSR count). The fraction of sp³-hybridized carbons (Fsp3) is 0.857. The van der Waals surface area contributed by atoms with Crippen molar-refractivity contribution in [3.05, 3.63) is 0 Å². The average molecular weight is 270 g/mol. The summed E-state index contributed by atoms with van der Waals surface area (Å²) < 4.78 is 0. The van der Waals surface area contributed by atoms with Crippen molar-refractivity contribution in [3.8, 4) is 0 Å². The molecule has 110 valence electrons. The number of rotatable bonds is 7. The van der Waals surface area contributed by atoms with Crippen molar-refractivity contribution in [3.63, 3.8) is 0 Å². The number of aliphatic carboxylic acids is 1. The number of unbranched alkanes of at least 4 members (excludes halogenated alkanes) is 1. The summed E-state index contributed by atoms with van der Waals surface area (Å²) in [7, 11) is 0. The summed E-state index contributed by atoms with van der Waals surface area (Å²) in [5.74, 6) is -0.763. The van der Waals surface area contributed by atoms with E-state index in [-0.39, 0.29) is 24.4 Å². The second kappa shape index (κ2) is 8.15. The van der Waals surface area contributed by atoms with Crippen LogP contribution < -0.4 is 5.32 Å². The van der Waals surface area contributed by atoms with Crippen molar-refractivity contribution in [2.75, 3.05) is 13.1 Å². The number of carboxylic acids is 1. The van der Waals surface area contributed by atoms with E-state index in [4.69, 9.17) is 5.11 Å². The van der Waals surface area contributed by atoms with Crippen molar-refractivity contribution >= 4 is 11.9 Å². The van der Waals surface area contributed by atoms with Crippen LogP contribution in [0.3, 0.4) is 0 Å². The summed E-state index contributed by atoms with van der Waals surface area (Å²) in [4.78, 5) is 25.0. The van der Waals surface area contributed by atoms with Crippen LogP contribution >= 0.6 is 0 Å². The van der Waals surface area contributed by atoms with Crippen molar-refractivity contribution in [2.45, 2.75) is 64.5 Å². The molecule has 0 aromatic carbocycles. The highest BCUT2D eigenvalue weighted by Gasteiger charge is 2.31. The molecular weight excluding hydrogens is 244 g/mol. The molecule has 5 nitrogen and oxygen atoms in total. The van der Waals surface area contributed by atoms with E-state index in [0.717, 1.165) is 38.6 Å². The third-order valence-corrected chi connectivity index (χ3v) is 3.79. The number of likely N-dealkylation sites (tertiary alicyclic amines) is 1. The van der Waals surface area contributed by atoms with Crippen LogP contribution in [-0.2, 0) is 9.59 Å². The predicted octanol–water partition coefficient (Wildman–Crippen LogP) is 1.62. The summed E-state index contributed by atoms with van der Waals surface area (Å²) >= 11 is 0. The molecule has 2 atom stereocenters. The molecule has 2 N–H and O–H groups in total. The molecule has 1 heterocycles. The number of nitrogens with one attached hydrogen (secondary N) is 1. The third-order valence-electron chi connectivity index (χ3n) is 3.79. The fourth-order valence-corrected chi connectivity index (χ4v) is 2.64. The first-order valence-corrected chi connectivity index (χ1v) is 7.31. The summed E-state index contributed by atoms with van der Waals surface area (Å²) in [6.07, 6.45) is 5.14. The Morgan fingerprint density at radius 1 is 1.42 bits per heavy atom. The molecule has 0 radical (unpaired) electrons. The molecule has 0 aromatic rings.